The number of nitrogens with two attached hydrogens (primary N) is 1. The highest BCUT2D eigenvalue weighted by atomic mass is 35.5. The maximum absolute atomic E-state index is 11.5. The molecule has 1 aromatic carbocycles. The third kappa shape index (κ3) is 2.93. The number of rotatable bonds is 3. The van der Waals surface area contributed by atoms with Crippen molar-refractivity contribution in [2.75, 3.05) is 27.2 Å². The van der Waals surface area contributed by atoms with E-state index in [-0.39, 0.29) is 18.2 Å². The summed E-state index contributed by atoms with van der Waals surface area (Å²) in [4.78, 5) is 13.9. The number of halogens is 1. The summed E-state index contributed by atoms with van der Waals surface area (Å²) in [5.74, 6) is 0.260. The Morgan fingerprint density at radius 2 is 1.91 bits per heavy atom. The Morgan fingerprint density at radius 1 is 1.30 bits per heavy atom. The van der Waals surface area contributed by atoms with Gasteiger partial charge < -0.3 is 20.5 Å². The Morgan fingerprint density at radius 3 is 2.43 bits per heavy atom. The van der Waals surface area contributed by atoms with Gasteiger partial charge in [-0.3, -0.25) is 4.79 Å². The number of aromatic hydroxyl groups is 1. The summed E-state index contributed by atoms with van der Waals surface area (Å²) in [5, 5.41) is 10.0. The molecule has 1 aromatic rings. The molecule has 2 fully saturated rings. The molecule has 6 heteroatoms. The van der Waals surface area contributed by atoms with Crippen molar-refractivity contribution in [3.63, 3.8) is 0 Å². The van der Waals surface area contributed by atoms with Crippen molar-refractivity contribution in [3.05, 3.63) is 29.3 Å². The summed E-state index contributed by atoms with van der Waals surface area (Å²) < 4.78 is 6.08. The zero-order chi connectivity index (χ0) is 15.9. The SMILES string of the molecule is CO[C@@]1(c2cc(O)cc(C(N)=O)c2)[C@@H]2CCC[C@H]1CN(C)C2.Cl. The van der Waals surface area contributed by atoms with Crippen molar-refractivity contribution in [3.8, 4) is 5.75 Å². The van der Waals surface area contributed by atoms with E-state index in [1.807, 2.05) is 0 Å². The molecule has 2 aliphatic rings. The second-order valence-electron chi connectivity index (χ2n) is 6.68. The number of methoxy groups -OCH3 is 1. The van der Waals surface area contributed by atoms with Gasteiger partial charge in [-0.15, -0.1) is 12.4 Å². The van der Waals surface area contributed by atoms with Crippen molar-refractivity contribution < 1.29 is 14.6 Å². The van der Waals surface area contributed by atoms with Crippen LogP contribution in [0.2, 0.25) is 0 Å². The number of primary amides is 1. The lowest BCUT2D eigenvalue weighted by atomic mass is 9.62. The summed E-state index contributed by atoms with van der Waals surface area (Å²) in [6.45, 7) is 1.93. The fourth-order valence-electron chi connectivity index (χ4n) is 4.56. The third-order valence-electron chi connectivity index (χ3n) is 5.37. The maximum Gasteiger partial charge on any atom is 0.248 e. The van der Waals surface area contributed by atoms with Gasteiger partial charge in [0.1, 0.15) is 11.4 Å². The molecule has 1 saturated carbocycles. The first-order valence-corrected chi connectivity index (χ1v) is 7.85. The average molecular weight is 341 g/mol. The predicted octanol–water partition coefficient (Wildman–Crippen LogP) is 2.12. The van der Waals surface area contributed by atoms with Crippen LogP contribution < -0.4 is 5.73 Å². The smallest absolute Gasteiger partial charge is 0.248 e. The predicted molar refractivity (Wildman–Crippen MR) is 90.9 cm³/mol. The molecule has 3 rings (SSSR count). The number of likely N-dealkylation sites (tertiary alicyclic amines) is 1. The Bertz CT molecular complexity index is 579. The van der Waals surface area contributed by atoms with Gasteiger partial charge in [-0.05, 0) is 43.7 Å². The van der Waals surface area contributed by atoms with Gasteiger partial charge in [0.2, 0.25) is 5.91 Å². The zero-order valence-corrected chi connectivity index (χ0v) is 14.4. The number of phenols is 1. The van der Waals surface area contributed by atoms with Crippen LogP contribution in [-0.2, 0) is 10.3 Å². The van der Waals surface area contributed by atoms with E-state index in [4.69, 9.17) is 10.5 Å². The number of ether oxygens (including phenoxy) is 1. The minimum absolute atomic E-state index is 0. The topological polar surface area (TPSA) is 75.8 Å². The van der Waals surface area contributed by atoms with Crippen molar-refractivity contribution in [1.82, 2.24) is 4.90 Å². The number of phenolic OH excluding ortho intramolecular Hbond substituents is 1. The Balaban J connectivity index is 0.00000192. The van der Waals surface area contributed by atoms with Gasteiger partial charge in [0.15, 0.2) is 0 Å². The molecule has 1 saturated heterocycles. The van der Waals surface area contributed by atoms with Crippen molar-refractivity contribution in [2.24, 2.45) is 17.6 Å². The molecule has 1 heterocycles. The fraction of sp³-hybridized carbons (Fsp3) is 0.588. The lowest BCUT2D eigenvalue weighted by molar-refractivity contribution is -0.165. The summed E-state index contributed by atoms with van der Waals surface area (Å²) in [5.41, 5.74) is 6.19. The number of piperidine rings is 1. The van der Waals surface area contributed by atoms with Gasteiger partial charge in [0, 0.05) is 37.6 Å². The molecule has 0 radical (unpaired) electrons. The molecule has 5 nitrogen and oxygen atoms in total. The minimum atomic E-state index is -0.526. The van der Waals surface area contributed by atoms with E-state index in [1.54, 1.807) is 19.2 Å². The van der Waals surface area contributed by atoms with Gasteiger partial charge in [-0.25, -0.2) is 0 Å². The summed E-state index contributed by atoms with van der Waals surface area (Å²) in [7, 11) is 3.88. The Hall–Kier alpha value is -1.30. The monoisotopic (exact) mass is 340 g/mol. The van der Waals surface area contributed by atoms with Crippen LogP contribution in [0.25, 0.3) is 0 Å². The number of benzene rings is 1. The summed E-state index contributed by atoms with van der Waals surface area (Å²) >= 11 is 0. The van der Waals surface area contributed by atoms with Crippen molar-refractivity contribution in [1.29, 1.82) is 0 Å². The first kappa shape index (κ1) is 18.0. The number of hydrogen-bond acceptors (Lipinski definition) is 4. The van der Waals surface area contributed by atoms with Crippen LogP contribution in [-0.4, -0.2) is 43.2 Å². The summed E-state index contributed by atoms with van der Waals surface area (Å²) in [6, 6.07) is 4.94. The van der Waals surface area contributed by atoms with Crippen LogP contribution in [0, 0.1) is 11.8 Å². The van der Waals surface area contributed by atoms with Crippen LogP contribution in [0.15, 0.2) is 18.2 Å². The normalized spacial score (nSPS) is 30.5. The number of nitrogens with zero attached hydrogens (tertiary/aromatic N) is 1. The molecule has 3 N–H and O–H groups in total. The largest absolute Gasteiger partial charge is 0.508 e. The van der Waals surface area contributed by atoms with Gasteiger partial charge in [0.25, 0.3) is 0 Å². The minimum Gasteiger partial charge on any atom is -0.508 e. The van der Waals surface area contributed by atoms with E-state index in [1.165, 1.54) is 12.5 Å². The number of carbonyl (C=O) groups is 1. The number of fused-ring (bicyclic) bond motifs is 2. The molecule has 1 aliphatic heterocycles. The molecule has 1 amide bonds. The molecule has 0 unspecified atom stereocenters. The van der Waals surface area contributed by atoms with Crippen LogP contribution in [0.4, 0.5) is 0 Å². The number of amides is 1. The second-order valence-corrected chi connectivity index (χ2v) is 6.68. The Labute approximate surface area is 143 Å². The van der Waals surface area contributed by atoms with E-state index in [0.29, 0.717) is 17.4 Å². The fourth-order valence-corrected chi connectivity index (χ4v) is 4.56. The molecule has 23 heavy (non-hydrogen) atoms. The quantitative estimate of drug-likeness (QED) is 0.883. The van der Waals surface area contributed by atoms with E-state index in [2.05, 4.69) is 11.9 Å². The molecule has 0 aromatic heterocycles. The van der Waals surface area contributed by atoms with E-state index < -0.39 is 11.5 Å². The lowest BCUT2D eigenvalue weighted by Gasteiger charge is -2.54. The standard InChI is InChI=1S/C17H24N2O3.ClH/c1-19-9-12-4-3-5-13(10-19)17(12,22-2)14-6-11(16(18)21)7-15(20)8-14;/h6-8,12-13,20H,3-5,9-10H2,1-2H3,(H2,18,21);1H/t12-,13+,17+;. The first-order chi connectivity index (χ1) is 10.5. The highest BCUT2D eigenvalue weighted by Crippen LogP contribution is 2.51. The van der Waals surface area contributed by atoms with Crippen molar-refractivity contribution >= 4 is 18.3 Å². The molecule has 3 atom stereocenters. The maximum atomic E-state index is 11.5. The molecular weight excluding hydrogens is 316 g/mol. The van der Waals surface area contributed by atoms with E-state index >= 15 is 0 Å². The Kier molecular flexibility index (Phi) is 5.23. The lowest BCUT2D eigenvalue weighted by Crippen LogP contribution is -2.58. The first-order valence-electron chi connectivity index (χ1n) is 7.85. The van der Waals surface area contributed by atoms with Gasteiger partial charge in [0.05, 0.1) is 0 Å². The van der Waals surface area contributed by atoms with Gasteiger partial charge >= 0.3 is 0 Å². The number of carbonyl (C=O) groups excluding carboxylic acids is 1. The van der Waals surface area contributed by atoms with Crippen LogP contribution >= 0.6 is 12.4 Å². The van der Waals surface area contributed by atoms with E-state index in [9.17, 15) is 9.90 Å². The highest BCUT2D eigenvalue weighted by molar-refractivity contribution is 5.93. The molecule has 0 spiro atoms. The number of hydrogen-bond donors (Lipinski definition) is 2. The second kappa shape index (κ2) is 6.67. The van der Waals surface area contributed by atoms with Crippen molar-refractivity contribution in [2.45, 2.75) is 24.9 Å². The molecular formula is C17H25ClN2O3. The molecule has 2 bridgehead atoms. The van der Waals surface area contributed by atoms with E-state index in [0.717, 1.165) is 31.5 Å². The zero-order valence-electron chi connectivity index (χ0n) is 13.6. The summed E-state index contributed by atoms with van der Waals surface area (Å²) in [6.07, 6.45) is 3.39. The highest BCUT2D eigenvalue weighted by Gasteiger charge is 2.52. The molecule has 1 aliphatic carbocycles. The third-order valence-corrected chi connectivity index (χ3v) is 5.37. The average Bonchev–Trinajstić information content (AvgIpc) is 2.45. The van der Waals surface area contributed by atoms with Crippen LogP contribution in [0.5, 0.6) is 5.75 Å². The van der Waals surface area contributed by atoms with Gasteiger partial charge in [-0.1, -0.05) is 6.42 Å². The molecule has 128 valence electrons. The van der Waals surface area contributed by atoms with Crippen LogP contribution in [0.1, 0.15) is 35.2 Å². The van der Waals surface area contributed by atoms with Gasteiger partial charge in [-0.2, -0.15) is 0 Å². The van der Waals surface area contributed by atoms with Crippen LogP contribution in [0.3, 0.4) is 0 Å².